The summed E-state index contributed by atoms with van der Waals surface area (Å²) in [6, 6.07) is 7.75. The van der Waals surface area contributed by atoms with Crippen molar-refractivity contribution in [2.45, 2.75) is 52.1 Å². The van der Waals surface area contributed by atoms with E-state index in [0.717, 1.165) is 5.56 Å². The van der Waals surface area contributed by atoms with Gasteiger partial charge in [-0.3, -0.25) is 4.79 Å². The van der Waals surface area contributed by atoms with Gasteiger partial charge in [-0.2, -0.15) is 0 Å². The van der Waals surface area contributed by atoms with Gasteiger partial charge >= 0.3 is 11.8 Å². The van der Waals surface area contributed by atoms with Crippen LogP contribution in [0.15, 0.2) is 35.1 Å². The Kier molecular flexibility index (Phi) is 5.80. The molecule has 0 radical (unpaired) electrons. The van der Waals surface area contributed by atoms with Crippen LogP contribution in [-0.4, -0.2) is 44.2 Å². The van der Waals surface area contributed by atoms with Crippen molar-refractivity contribution < 1.29 is 18.7 Å². The Hall–Kier alpha value is -3.20. The molecule has 0 fully saturated rings. The van der Waals surface area contributed by atoms with Gasteiger partial charge in [0.1, 0.15) is 17.3 Å². The normalized spacial score (nSPS) is 15.0. The second kappa shape index (κ2) is 8.23. The molecule has 2 aromatic heterocycles. The Morgan fingerprint density at radius 1 is 1.21 bits per heavy atom. The Balaban J connectivity index is 1.99. The molecule has 0 saturated heterocycles. The lowest BCUT2D eigenvalue weighted by atomic mass is 9.90. The van der Waals surface area contributed by atoms with E-state index in [9.17, 15) is 18.8 Å². The molecule has 1 aliphatic heterocycles. The fraction of sp³-hybridized carbons (Fsp3) is 0.417. The third-order valence-electron chi connectivity index (χ3n) is 5.62. The number of hydrogen-bond donors (Lipinski definition) is 0. The Morgan fingerprint density at radius 3 is 2.44 bits per heavy atom. The number of benzene rings is 1. The molecule has 0 unspecified atom stereocenters. The van der Waals surface area contributed by atoms with E-state index in [0.29, 0.717) is 34.6 Å². The summed E-state index contributed by atoms with van der Waals surface area (Å²) in [6.07, 6.45) is -0.599. The zero-order chi connectivity index (χ0) is 25.0. The zero-order valence-electron chi connectivity index (χ0n) is 19.7. The van der Waals surface area contributed by atoms with Crippen molar-refractivity contribution in [1.29, 1.82) is 0 Å². The van der Waals surface area contributed by atoms with Crippen molar-refractivity contribution in [3.8, 4) is 0 Å². The fourth-order valence-corrected chi connectivity index (χ4v) is 4.42. The maximum Gasteiger partial charge on any atom is 0.439 e. The van der Waals surface area contributed by atoms with Crippen LogP contribution in [0.2, 0.25) is 0 Å². The predicted octanol–water partition coefficient (Wildman–Crippen LogP) is 3.87. The molecular formula is C24H26ClFN4O4. The molecule has 0 N–H and O–H groups in total. The van der Waals surface area contributed by atoms with Gasteiger partial charge in [-0.25, -0.2) is 18.4 Å². The van der Waals surface area contributed by atoms with Crippen LogP contribution in [0.4, 0.5) is 14.9 Å². The number of carbonyl (C=O) groups is 2. The summed E-state index contributed by atoms with van der Waals surface area (Å²) >= 11 is 5.86. The van der Waals surface area contributed by atoms with Crippen molar-refractivity contribution in [2.75, 3.05) is 17.3 Å². The van der Waals surface area contributed by atoms with E-state index in [2.05, 4.69) is 5.10 Å². The van der Waals surface area contributed by atoms with Crippen LogP contribution in [-0.2, 0) is 21.4 Å². The van der Waals surface area contributed by atoms with E-state index in [1.54, 1.807) is 43.9 Å². The monoisotopic (exact) mass is 488 g/mol. The summed E-state index contributed by atoms with van der Waals surface area (Å²) < 4.78 is 20.9. The molecule has 0 bridgehead atoms. The topological polar surface area (TPSA) is 85.9 Å². The number of ether oxygens (including phenoxy) is 1. The third-order valence-corrected chi connectivity index (χ3v) is 5.85. The minimum absolute atomic E-state index is 0.215. The fourth-order valence-electron chi connectivity index (χ4n) is 4.27. The SMILES string of the molecule is CC(C)(C)OC(=O)n1nc2c(Cc3ccc(F)cc3)cc3c(n2c1=O)C(C)(C)CN3C(=O)CCl. The van der Waals surface area contributed by atoms with Crippen LogP contribution in [0.3, 0.4) is 0 Å². The van der Waals surface area contributed by atoms with Crippen LogP contribution < -0.4 is 10.6 Å². The lowest BCUT2D eigenvalue weighted by Gasteiger charge is -2.19. The summed E-state index contributed by atoms with van der Waals surface area (Å²) in [5.41, 5.74) is 0.602. The maximum absolute atomic E-state index is 13.5. The van der Waals surface area contributed by atoms with Gasteiger partial charge < -0.3 is 9.64 Å². The number of aromatic nitrogens is 3. The molecule has 3 heterocycles. The smallest absolute Gasteiger partial charge is 0.439 e. The van der Waals surface area contributed by atoms with Crippen molar-refractivity contribution in [3.05, 3.63) is 63.5 Å². The van der Waals surface area contributed by atoms with E-state index in [1.807, 2.05) is 13.8 Å². The van der Waals surface area contributed by atoms with E-state index >= 15 is 0 Å². The number of hydrogen-bond acceptors (Lipinski definition) is 5. The number of anilines is 1. The predicted molar refractivity (Wildman–Crippen MR) is 126 cm³/mol. The molecule has 0 atom stereocenters. The summed E-state index contributed by atoms with van der Waals surface area (Å²) in [4.78, 5) is 40.4. The van der Waals surface area contributed by atoms with Crippen molar-refractivity contribution in [2.24, 2.45) is 0 Å². The first-order chi connectivity index (χ1) is 15.8. The highest BCUT2D eigenvalue weighted by atomic mass is 35.5. The largest absolute Gasteiger partial charge is 0.442 e. The van der Waals surface area contributed by atoms with Crippen LogP contribution in [0.25, 0.3) is 5.65 Å². The van der Waals surface area contributed by atoms with Gasteiger partial charge in [0, 0.05) is 23.9 Å². The highest BCUT2D eigenvalue weighted by Crippen LogP contribution is 2.41. The molecule has 0 saturated carbocycles. The number of rotatable bonds is 3. The highest BCUT2D eigenvalue weighted by molar-refractivity contribution is 6.29. The number of pyridine rings is 1. The number of amides is 1. The van der Waals surface area contributed by atoms with Gasteiger partial charge in [-0.05, 0) is 44.5 Å². The molecule has 180 valence electrons. The van der Waals surface area contributed by atoms with E-state index in [4.69, 9.17) is 16.3 Å². The van der Waals surface area contributed by atoms with E-state index in [-0.39, 0.29) is 23.3 Å². The standard InChI is InChI=1S/C24H26ClFN4O4/c1-23(2,3)34-22(33)30-21(32)29-19-17(28(18(31)12-25)13-24(19,4)5)11-15(20(29)27-30)10-14-6-8-16(26)9-7-14/h6-9,11H,10,12-13H2,1-5H3. The number of fused-ring (bicyclic) bond motifs is 3. The average molecular weight is 489 g/mol. The Morgan fingerprint density at radius 2 is 1.85 bits per heavy atom. The lowest BCUT2D eigenvalue weighted by molar-refractivity contribution is -0.116. The van der Waals surface area contributed by atoms with Gasteiger partial charge in [-0.15, -0.1) is 21.4 Å². The zero-order valence-corrected chi connectivity index (χ0v) is 20.4. The molecule has 8 nitrogen and oxygen atoms in total. The first-order valence-electron chi connectivity index (χ1n) is 10.8. The molecule has 0 spiro atoms. The van der Waals surface area contributed by atoms with Crippen LogP contribution in [0, 0.1) is 5.82 Å². The average Bonchev–Trinajstić information content (AvgIpc) is 3.22. The second-order valence-corrected chi connectivity index (χ2v) is 10.3. The van der Waals surface area contributed by atoms with Gasteiger partial charge in [0.25, 0.3) is 0 Å². The maximum atomic E-state index is 13.5. The quantitative estimate of drug-likeness (QED) is 0.522. The number of nitrogens with zero attached hydrogens (tertiary/aromatic N) is 4. The summed E-state index contributed by atoms with van der Waals surface area (Å²) in [5, 5.41) is 4.33. The first-order valence-corrected chi connectivity index (χ1v) is 11.4. The van der Waals surface area contributed by atoms with Crippen LogP contribution >= 0.6 is 11.6 Å². The van der Waals surface area contributed by atoms with Gasteiger partial charge in [0.2, 0.25) is 5.91 Å². The van der Waals surface area contributed by atoms with Gasteiger partial charge in [0.05, 0.1) is 11.4 Å². The van der Waals surface area contributed by atoms with E-state index < -0.39 is 22.8 Å². The number of halogens is 2. The van der Waals surface area contributed by atoms with E-state index in [1.165, 1.54) is 16.5 Å². The third kappa shape index (κ3) is 4.20. The highest BCUT2D eigenvalue weighted by Gasteiger charge is 2.42. The first kappa shape index (κ1) is 23.9. The molecule has 3 aromatic rings. The molecule has 10 heteroatoms. The minimum atomic E-state index is -0.896. The summed E-state index contributed by atoms with van der Waals surface area (Å²) in [6.45, 7) is 9.22. The summed E-state index contributed by atoms with van der Waals surface area (Å²) in [5.74, 6) is -0.880. The molecule has 1 amide bonds. The van der Waals surface area contributed by atoms with Gasteiger partial charge in [0.15, 0.2) is 5.65 Å². The number of carbonyl (C=O) groups excluding carboxylic acids is 2. The number of alkyl halides is 1. The van der Waals surface area contributed by atoms with Crippen molar-refractivity contribution in [3.63, 3.8) is 0 Å². The van der Waals surface area contributed by atoms with Crippen LogP contribution in [0.1, 0.15) is 51.4 Å². The molecule has 34 heavy (non-hydrogen) atoms. The molecular weight excluding hydrogens is 463 g/mol. The molecule has 1 aliphatic rings. The van der Waals surface area contributed by atoms with Crippen molar-refractivity contribution in [1.82, 2.24) is 14.2 Å². The van der Waals surface area contributed by atoms with Crippen molar-refractivity contribution >= 4 is 34.9 Å². The Labute approximate surface area is 200 Å². The van der Waals surface area contributed by atoms with Crippen LogP contribution in [0.5, 0.6) is 0 Å². The minimum Gasteiger partial charge on any atom is -0.442 e. The molecule has 4 rings (SSSR count). The second-order valence-electron chi connectivity index (χ2n) is 10.0. The summed E-state index contributed by atoms with van der Waals surface area (Å²) in [7, 11) is 0. The lowest BCUT2D eigenvalue weighted by Crippen LogP contribution is -2.36. The molecule has 1 aromatic carbocycles. The van der Waals surface area contributed by atoms with Gasteiger partial charge in [-0.1, -0.05) is 26.0 Å². The Bertz CT molecular complexity index is 1350. The molecule has 0 aliphatic carbocycles.